The molecule has 0 saturated heterocycles. The summed E-state index contributed by atoms with van der Waals surface area (Å²) < 4.78 is 0. The van der Waals surface area contributed by atoms with Gasteiger partial charge < -0.3 is 10.6 Å². The highest BCUT2D eigenvalue weighted by Crippen LogP contribution is 2.22. The Kier molecular flexibility index (Phi) is 6.33. The minimum Gasteiger partial charge on any atom is -0.359 e. The van der Waals surface area contributed by atoms with Gasteiger partial charge in [0.25, 0.3) is 0 Å². The molecule has 0 aromatic heterocycles. The second kappa shape index (κ2) is 8.02. The first-order valence-corrected chi connectivity index (χ1v) is 8.20. The predicted molar refractivity (Wildman–Crippen MR) is 98.9 cm³/mol. The van der Waals surface area contributed by atoms with Crippen LogP contribution in [0.15, 0.2) is 36.4 Å². The highest BCUT2D eigenvalue weighted by molar-refractivity contribution is 7.80. The van der Waals surface area contributed by atoms with Crippen LogP contribution in [0.25, 0.3) is 0 Å². The third-order valence-corrected chi connectivity index (χ3v) is 4.56. The monoisotopic (exact) mass is 372 g/mol. The van der Waals surface area contributed by atoms with Gasteiger partial charge in [-0.15, -0.1) is 0 Å². The fourth-order valence-corrected chi connectivity index (χ4v) is 2.49. The molecule has 0 saturated carbocycles. The summed E-state index contributed by atoms with van der Waals surface area (Å²) in [5.41, 5.74) is 3.15. The number of halogens is 3. The highest BCUT2D eigenvalue weighted by Gasteiger charge is 2.02. The number of aryl methyl sites for hydroxylation is 1. The van der Waals surface area contributed by atoms with E-state index in [0.717, 1.165) is 21.7 Å². The van der Waals surface area contributed by atoms with Gasteiger partial charge in [-0.05, 0) is 54.0 Å². The zero-order valence-corrected chi connectivity index (χ0v) is 15.0. The maximum absolute atomic E-state index is 6.10. The molecule has 2 N–H and O–H groups in total. The van der Waals surface area contributed by atoms with Crippen LogP contribution >= 0.6 is 47.0 Å². The van der Waals surface area contributed by atoms with Crippen molar-refractivity contribution in [2.24, 2.45) is 0 Å². The lowest BCUT2D eigenvalue weighted by Crippen LogP contribution is -2.34. The number of nitrogens with one attached hydrogen (secondary N) is 2. The third kappa shape index (κ3) is 5.03. The van der Waals surface area contributed by atoms with E-state index in [1.165, 1.54) is 0 Å². The van der Waals surface area contributed by atoms with Gasteiger partial charge in [0, 0.05) is 18.1 Å². The van der Waals surface area contributed by atoms with Crippen molar-refractivity contribution in [3.63, 3.8) is 0 Å². The van der Waals surface area contributed by atoms with E-state index in [2.05, 4.69) is 10.6 Å². The molecule has 6 heteroatoms. The molecule has 0 spiro atoms. The summed E-state index contributed by atoms with van der Waals surface area (Å²) in [4.78, 5) is 0. The fraction of sp³-hybridized carbons (Fsp3) is 0.188. The second-order valence-corrected chi connectivity index (χ2v) is 6.50. The van der Waals surface area contributed by atoms with Crippen LogP contribution in [0.5, 0.6) is 0 Å². The number of hydrogen-bond donors (Lipinski definition) is 2. The van der Waals surface area contributed by atoms with E-state index in [0.29, 0.717) is 28.2 Å². The molecule has 0 amide bonds. The van der Waals surface area contributed by atoms with E-state index in [4.69, 9.17) is 47.0 Å². The number of benzene rings is 2. The molecule has 0 aliphatic rings. The lowest BCUT2D eigenvalue weighted by atomic mass is 10.1. The van der Waals surface area contributed by atoms with E-state index in [9.17, 15) is 0 Å². The van der Waals surface area contributed by atoms with Crippen molar-refractivity contribution in [3.8, 4) is 0 Å². The largest absolute Gasteiger partial charge is 0.359 e. The number of hydrogen-bond acceptors (Lipinski definition) is 1. The van der Waals surface area contributed by atoms with Crippen molar-refractivity contribution in [2.75, 3.05) is 0 Å². The molecule has 0 heterocycles. The summed E-state index contributed by atoms with van der Waals surface area (Å²) in [5.74, 6) is 0. The summed E-state index contributed by atoms with van der Waals surface area (Å²) in [6.07, 6.45) is 0. The van der Waals surface area contributed by atoms with Crippen molar-refractivity contribution < 1.29 is 0 Å². The summed E-state index contributed by atoms with van der Waals surface area (Å²) in [5, 5.41) is 8.68. The molecule has 0 aliphatic heterocycles. The zero-order chi connectivity index (χ0) is 16.1. The van der Waals surface area contributed by atoms with E-state index in [-0.39, 0.29) is 0 Å². The molecule has 0 fully saturated rings. The van der Waals surface area contributed by atoms with Crippen molar-refractivity contribution in [2.45, 2.75) is 20.0 Å². The van der Waals surface area contributed by atoms with Crippen LogP contribution in [0.4, 0.5) is 0 Å². The molecule has 2 rings (SSSR count). The molecular weight excluding hydrogens is 359 g/mol. The summed E-state index contributed by atoms with van der Waals surface area (Å²) in [6.45, 7) is 3.17. The number of rotatable bonds is 4. The Bertz CT molecular complexity index is 632. The summed E-state index contributed by atoms with van der Waals surface area (Å²) in [7, 11) is 0. The first-order valence-electron chi connectivity index (χ1n) is 6.66. The SMILES string of the molecule is Cc1ccc(CNC(=S)NCc2ccc(Cl)c(Cl)c2)cc1Cl. The van der Waals surface area contributed by atoms with Crippen LogP contribution in [0.3, 0.4) is 0 Å². The van der Waals surface area contributed by atoms with Gasteiger partial charge in [0.05, 0.1) is 10.0 Å². The Morgan fingerprint density at radius 3 is 1.95 bits per heavy atom. The quantitative estimate of drug-likeness (QED) is 0.727. The van der Waals surface area contributed by atoms with Crippen LogP contribution in [0.2, 0.25) is 15.1 Å². The first-order chi connectivity index (χ1) is 10.5. The van der Waals surface area contributed by atoms with Gasteiger partial charge in [0.2, 0.25) is 0 Å². The topological polar surface area (TPSA) is 24.1 Å². The first kappa shape index (κ1) is 17.4. The summed E-state index contributed by atoms with van der Waals surface area (Å²) in [6, 6.07) is 11.4. The lowest BCUT2D eigenvalue weighted by molar-refractivity contribution is 0.833. The predicted octanol–water partition coefficient (Wildman–Crippen LogP) is 5.12. The van der Waals surface area contributed by atoms with Crippen molar-refractivity contribution >= 4 is 52.1 Å². The molecule has 2 aromatic rings. The minimum atomic E-state index is 0.536. The van der Waals surface area contributed by atoms with Gasteiger partial charge in [-0.3, -0.25) is 0 Å². The Morgan fingerprint density at radius 1 is 0.864 bits per heavy atom. The molecule has 0 aliphatic carbocycles. The van der Waals surface area contributed by atoms with E-state index >= 15 is 0 Å². The van der Waals surface area contributed by atoms with Gasteiger partial charge in [-0.1, -0.05) is 53.0 Å². The maximum atomic E-state index is 6.10. The van der Waals surface area contributed by atoms with E-state index in [1.807, 2.05) is 37.3 Å². The molecule has 0 atom stereocenters. The minimum absolute atomic E-state index is 0.536. The van der Waals surface area contributed by atoms with Crippen LogP contribution in [0.1, 0.15) is 16.7 Å². The van der Waals surface area contributed by atoms with Gasteiger partial charge in [0.15, 0.2) is 5.11 Å². The smallest absolute Gasteiger partial charge is 0.166 e. The van der Waals surface area contributed by atoms with Crippen LogP contribution in [-0.4, -0.2) is 5.11 Å². The Hall–Kier alpha value is -1.000. The van der Waals surface area contributed by atoms with Crippen LogP contribution < -0.4 is 10.6 Å². The Balaban J connectivity index is 1.82. The maximum Gasteiger partial charge on any atom is 0.166 e. The third-order valence-electron chi connectivity index (χ3n) is 3.13. The van der Waals surface area contributed by atoms with Crippen molar-refractivity contribution in [1.29, 1.82) is 0 Å². The van der Waals surface area contributed by atoms with Crippen molar-refractivity contribution in [3.05, 3.63) is 68.2 Å². The molecule has 0 unspecified atom stereocenters. The average molecular weight is 374 g/mol. The summed E-state index contributed by atoms with van der Waals surface area (Å²) >= 11 is 23.2. The molecule has 22 heavy (non-hydrogen) atoms. The zero-order valence-electron chi connectivity index (χ0n) is 11.9. The van der Waals surface area contributed by atoms with Crippen LogP contribution in [0, 0.1) is 6.92 Å². The normalized spacial score (nSPS) is 10.4. The van der Waals surface area contributed by atoms with Gasteiger partial charge in [-0.25, -0.2) is 0 Å². The average Bonchev–Trinajstić information content (AvgIpc) is 2.49. The fourth-order valence-electron chi connectivity index (χ4n) is 1.82. The molecule has 0 bridgehead atoms. The van der Waals surface area contributed by atoms with Gasteiger partial charge in [0.1, 0.15) is 0 Å². The Labute approximate surface area is 150 Å². The Morgan fingerprint density at radius 2 is 1.41 bits per heavy atom. The standard InChI is InChI=1S/C16H15Cl3N2S/c1-10-2-3-11(6-14(10)18)8-20-16(22)21-9-12-4-5-13(17)15(19)7-12/h2-7H,8-9H2,1H3,(H2,20,21,22). The molecule has 0 radical (unpaired) electrons. The second-order valence-electron chi connectivity index (χ2n) is 4.87. The van der Waals surface area contributed by atoms with Crippen molar-refractivity contribution in [1.82, 2.24) is 10.6 Å². The molecule has 2 nitrogen and oxygen atoms in total. The van der Waals surface area contributed by atoms with Gasteiger partial charge >= 0.3 is 0 Å². The lowest BCUT2D eigenvalue weighted by Gasteiger charge is -2.11. The highest BCUT2D eigenvalue weighted by atomic mass is 35.5. The molecular formula is C16H15Cl3N2S. The number of thiocarbonyl (C=S) groups is 1. The van der Waals surface area contributed by atoms with Gasteiger partial charge in [-0.2, -0.15) is 0 Å². The van der Waals surface area contributed by atoms with E-state index in [1.54, 1.807) is 6.07 Å². The molecule has 2 aromatic carbocycles. The van der Waals surface area contributed by atoms with Crippen LogP contribution in [-0.2, 0) is 13.1 Å². The van der Waals surface area contributed by atoms with E-state index < -0.39 is 0 Å². The molecule has 116 valence electrons.